The van der Waals surface area contributed by atoms with Gasteiger partial charge in [-0.2, -0.15) is 13.2 Å². The number of hydrogen-bond acceptors (Lipinski definition) is 2. The summed E-state index contributed by atoms with van der Waals surface area (Å²) in [6, 6.07) is 6.66. The standard InChI is InChI=1S/C16H14F4N2O2/c1-10(11-4-6-12(17)7-5-11)21-14(23)9-22-8-2-3-13(15(22)24)16(18,19)20/h2-8,10H,9H2,1H3,(H,21,23)/t10-/m0/s1. The van der Waals surface area contributed by atoms with Crippen LogP contribution in [0.15, 0.2) is 47.4 Å². The minimum atomic E-state index is -4.78. The summed E-state index contributed by atoms with van der Waals surface area (Å²) in [4.78, 5) is 23.7. The van der Waals surface area contributed by atoms with Crippen LogP contribution in [-0.2, 0) is 17.5 Å². The van der Waals surface area contributed by atoms with E-state index in [1.165, 1.54) is 24.3 Å². The average Bonchev–Trinajstić information content (AvgIpc) is 2.48. The highest BCUT2D eigenvalue weighted by Gasteiger charge is 2.34. The summed E-state index contributed by atoms with van der Waals surface area (Å²) in [5.41, 5.74) is -1.99. The number of carbonyl (C=O) groups is 1. The van der Waals surface area contributed by atoms with Gasteiger partial charge in [0.1, 0.15) is 17.9 Å². The second-order valence-electron chi connectivity index (χ2n) is 5.19. The molecule has 2 aromatic rings. The van der Waals surface area contributed by atoms with Crippen molar-refractivity contribution in [1.29, 1.82) is 0 Å². The summed E-state index contributed by atoms with van der Waals surface area (Å²) in [7, 11) is 0. The lowest BCUT2D eigenvalue weighted by molar-refractivity contribution is -0.139. The zero-order valence-corrected chi connectivity index (χ0v) is 12.6. The average molecular weight is 342 g/mol. The predicted octanol–water partition coefficient (Wildman–Crippen LogP) is 2.88. The second-order valence-corrected chi connectivity index (χ2v) is 5.19. The van der Waals surface area contributed by atoms with E-state index in [1.54, 1.807) is 6.92 Å². The number of pyridine rings is 1. The van der Waals surface area contributed by atoms with E-state index in [-0.39, 0.29) is 0 Å². The van der Waals surface area contributed by atoms with E-state index in [0.29, 0.717) is 16.2 Å². The van der Waals surface area contributed by atoms with E-state index in [0.717, 1.165) is 12.3 Å². The molecule has 0 saturated carbocycles. The first-order chi connectivity index (χ1) is 11.2. The fraction of sp³-hybridized carbons (Fsp3) is 0.250. The molecule has 0 aliphatic carbocycles. The maximum Gasteiger partial charge on any atom is 0.421 e. The van der Waals surface area contributed by atoms with Crippen LogP contribution in [0, 0.1) is 5.82 Å². The molecule has 1 amide bonds. The maximum atomic E-state index is 12.9. The molecule has 0 bridgehead atoms. The first-order valence-electron chi connectivity index (χ1n) is 7.00. The van der Waals surface area contributed by atoms with Gasteiger partial charge in [0.15, 0.2) is 0 Å². The Balaban J connectivity index is 2.10. The van der Waals surface area contributed by atoms with Gasteiger partial charge in [-0.3, -0.25) is 9.59 Å². The topological polar surface area (TPSA) is 51.1 Å². The number of rotatable bonds is 4. The highest BCUT2D eigenvalue weighted by molar-refractivity contribution is 5.76. The fourth-order valence-corrected chi connectivity index (χ4v) is 2.15. The third kappa shape index (κ3) is 4.21. The van der Waals surface area contributed by atoms with Gasteiger partial charge >= 0.3 is 6.18 Å². The predicted molar refractivity (Wildman–Crippen MR) is 78.7 cm³/mol. The number of nitrogens with zero attached hydrogens (tertiary/aromatic N) is 1. The molecule has 1 heterocycles. The fourth-order valence-electron chi connectivity index (χ4n) is 2.15. The third-order valence-electron chi connectivity index (χ3n) is 3.39. The molecule has 0 aliphatic rings. The summed E-state index contributed by atoms with van der Waals surface area (Å²) in [5.74, 6) is -1.05. The number of halogens is 4. The van der Waals surface area contributed by atoms with E-state index < -0.39 is 41.6 Å². The van der Waals surface area contributed by atoms with Crippen molar-refractivity contribution in [3.8, 4) is 0 Å². The van der Waals surface area contributed by atoms with Gasteiger partial charge in [-0.1, -0.05) is 12.1 Å². The first kappa shape index (κ1) is 17.7. The van der Waals surface area contributed by atoms with Crippen LogP contribution in [0.2, 0.25) is 0 Å². The van der Waals surface area contributed by atoms with Gasteiger partial charge in [-0.15, -0.1) is 0 Å². The SMILES string of the molecule is C[C@H](NC(=O)Cn1cccc(C(F)(F)F)c1=O)c1ccc(F)cc1. The number of nitrogens with one attached hydrogen (secondary N) is 1. The van der Waals surface area contributed by atoms with Gasteiger partial charge in [0.05, 0.1) is 6.04 Å². The Morgan fingerprint density at radius 2 is 1.83 bits per heavy atom. The van der Waals surface area contributed by atoms with Crippen LogP contribution in [0.1, 0.15) is 24.1 Å². The van der Waals surface area contributed by atoms with Gasteiger partial charge in [0.2, 0.25) is 5.91 Å². The molecule has 0 unspecified atom stereocenters. The summed E-state index contributed by atoms with van der Waals surface area (Å²) in [6.07, 6.45) is -3.67. The van der Waals surface area contributed by atoms with Crippen molar-refractivity contribution in [2.75, 3.05) is 0 Å². The van der Waals surface area contributed by atoms with E-state index in [9.17, 15) is 27.2 Å². The van der Waals surface area contributed by atoms with Crippen LogP contribution in [-0.4, -0.2) is 10.5 Å². The lowest BCUT2D eigenvalue weighted by Gasteiger charge is -2.15. The largest absolute Gasteiger partial charge is 0.421 e. The molecule has 8 heteroatoms. The molecule has 4 nitrogen and oxygen atoms in total. The Bertz CT molecular complexity index is 782. The molecule has 1 aromatic heterocycles. The molecule has 0 radical (unpaired) electrons. The van der Waals surface area contributed by atoms with E-state index in [4.69, 9.17) is 0 Å². The molecule has 0 fully saturated rings. The molecule has 0 spiro atoms. The van der Waals surface area contributed by atoms with Crippen LogP contribution in [0.5, 0.6) is 0 Å². The van der Waals surface area contributed by atoms with E-state index in [1.807, 2.05) is 0 Å². The Morgan fingerprint density at radius 3 is 2.42 bits per heavy atom. The van der Waals surface area contributed by atoms with Crippen LogP contribution in [0.25, 0.3) is 0 Å². The quantitative estimate of drug-likeness (QED) is 0.869. The van der Waals surface area contributed by atoms with Crippen molar-refractivity contribution < 1.29 is 22.4 Å². The smallest absolute Gasteiger partial charge is 0.348 e. The number of alkyl halides is 3. The third-order valence-corrected chi connectivity index (χ3v) is 3.39. The van der Waals surface area contributed by atoms with Crippen LogP contribution in [0.4, 0.5) is 17.6 Å². The summed E-state index contributed by atoms with van der Waals surface area (Å²) >= 11 is 0. The van der Waals surface area contributed by atoms with Gasteiger partial charge in [0.25, 0.3) is 5.56 Å². The molecule has 0 saturated heterocycles. The van der Waals surface area contributed by atoms with Crippen molar-refractivity contribution in [3.05, 3.63) is 69.9 Å². The van der Waals surface area contributed by atoms with Crippen molar-refractivity contribution in [2.45, 2.75) is 25.7 Å². The molecular formula is C16H14F4N2O2. The number of amides is 1. The lowest BCUT2D eigenvalue weighted by atomic mass is 10.1. The van der Waals surface area contributed by atoms with Gasteiger partial charge in [-0.05, 0) is 36.8 Å². The van der Waals surface area contributed by atoms with Crippen LogP contribution in [0.3, 0.4) is 0 Å². The van der Waals surface area contributed by atoms with E-state index in [2.05, 4.69) is 5.32 Å². The summed E-state index contributed by atoms with van der Waals surface area (Å²) in [5, 5.41) is 2.55. The van der Waals surface area contributed by atoms with Crippen LogP contribution >= 0.6 is 0 Å². The molecule has 1 atom stereocenters. The Kier molecular flexibility index (Phi) is 5.06. The van der Waals surface area contributed by atoms with Gasteiger partial charge in [-0.25, -0.2) is 4.39 Å². The molecule has 24 heavy (non-hydrogen) atoms. The zero-order valence-electron chi connectivity index (χ0n) is 12.6. The van der Waals surface area contributed by atoms with Crippen LogP contribution < -0.4 is 10.9 Å². The number of hydrogen-bond donors (Lipinski definition) is 1. The number of carbonyl (C=O) groups excluding carboxylic acids is 1. The highest BCUT2D eigenvalue weighted by Crippen LogP contribution is 2.25. The molecule has 1 N–H and O–H groups in total. The number of benzene rings is 1. The maximum absolute atomic E-state index is 12.9. The van der Waals surface area contributed by atoms with Gasteiger partial charge < -0.3 is 9.88 Å². The lowest BCUT2D eigenvalue weighted by Crippen LogP contribution is -2.35. The molecular weight excluding hydrogens is 328 g/mol. The van der Waals surface area contributed by atoms with Crippen molar-refractivity contribution in [1.82, 2.24) is 9.88 Å². The van der Waals surface area contributed by atoms with Crippen molar-refractivity contribution in [2.24, 2.45) is 0 Å². The first-order valence-corrected chi connectivity index (χ1v) is 7.00. The summed E-state index contributed by atoms with van der Waals surface area (Å²) in [6.45, 7) is 1.09. The van der Waals surface area contributed by atoms with E-state index >= 15 is 0 Å². The molecule has 128 valence electrons. The van der Waals surface area contributed by atoms with Gasteiger partial charge in [0, 0.05) is 6.20 Å². The normalized spacial score (nSPS) is 12.7. The Hall–Kier alpha value is -2.64. The highest BCUT2D eigenvalue weighted by atomic mass is 19.4. The Labute approximate surface area is 134 Å². The Morgan fingerprint density at radius 1 is 1.21 bits per heavy atom. The summed E-state index contributed by atoms with van der Waals surface area (Å²) < 4.78 is 51.6. The molecule has 0 aliphatic heterocycles. The molecule has 2 rings (SSSR count). The second kappa shape index (κ2) is 6.86. The van der Waals surface area contributed by atoms with Crippen molar-refractivity contribution in [3.63, 3.8) is 0 Å². The van der Waals surface area contributed by atoms with Crippen molar-refractivity contribution >= 4 is 5.91 Å². The molecule has 1 aromatic carbocycles. The zero-order chi connectivity index (χ0) is 17.9. The minimum absolute atomic E-state index is 0.423. The number of aromatic nitrogens is 1. The minimum Gasteiger partial charge on any atom is -0.348 e. The monoisotopic (exact) mass is 342 g/mol.